The van der Waals surface area contributed by atoms with Crippen molar-refractivity contribution in [1.82, 2.24) is 5.48 Å². The van der Waals surface area contributed by atoms with E-state index in [-0.39, 0.29) is 0 Å². The molecular weight excluding hydrogens is 214 g/mol. The molecule has 0 aliphatic rings. The minimum Gasteiger partial charge on any atom is -0.496 e. The highest BCUT2D eigenvalue weighted by Gasteiger charge is 2.13. The quantitative estimate of drug-likeness (QED) is 0.771. The summed E-state index contributed by atoms with van der Waals surface area (Å²) in [7, 11) is 3.38. The molecule has 0 fully saturated rings. The first kappa shape index (κ1) is 14.0. The van der Waals surface area contributed by atoms with E-state index in [4.69, 9.17) is 9.57 Å². The number of nitrogens with one attached hydrogen (secondary N) is 1. The number of aryl methyl sites for hydroxylation is 1. The number of hydrogen-bond acceptors (Lipinski definition) is 3. The van der Waals surface area contributed by atoms with Crippen molar-refractivity contribution in [3.63, 3.8) is 0 Å². The fourth-order valence-electron chi connectivity index (χ4n) is 1.98. The van der Waals surface area contributed by atoms with Gasteiger partial charge in [-0.1, -0.05) is 32.9 Å². The van der Waals surface area contributed by atoms with Gasteiger partial charge >= 0.3 is 0 Å². The van der Waals surface area contributed by atoms with Gasteiger partial charge in [-0.2, -0.15) is 5.48 Å². The van der Waals surface area contributed by atoms with Crippen LogP contribution in [0.2, 0.25) is 0 Å². The van der Waals surface area contributed by atoms with E-state index in [1.807, 2.05) is 0 Å². The Hall–Kier alpha value is -1.06. The van der Waals surface area contributed by atoms with Crippen LogP contribution in [0.25, 0.3) is 0 Å². The van der Waals surface area contributed by atoms with E-state index in [0.29, 0.717) is 12.5 Å². The average Bonchev–Trinajstić information content (AvgIpc) is 2.34. The summed E-state index contributed by atoms with van der Waals surface area (Å²) in [5.41, 5.74) is 6.63. The summed E-state index contributed by atoms with van der Waals surface area (Å²) >= 11 is 0. The first-order valence-electron chi connectivity index (χ1n) is 6.09. The second-order valence-corrected chi connectivity index (χ2v) is 4.41. The van der Waals surface area contributed by atoms with Crippen LogP contribution in [0.15, 0.2) is 12.1 Å². The number of rotatable bonds is 6. The topological polar surface area (TPSA) is 30.5 Å². The zero-order chi connectivity index (χ0) is 12.8. The van der Waals surface area contributed by atoms with Gasteiger partial charge in [-0.15, -0.1) is 0 Å². The van der Waals surface area contributed by atoms with Crippen molar-refractivity contribution in [2.24, 2.45) is 0 Å². The van der Waals surface area contributed by atoms with Crippen LogP contribution in [0.3, 0.4) is 0 Å². The third-order valence-electron chi connectivity index (χ3n) is 2.88. The van der Waals surface area contributed by atoms with Gasteiger partial charge in [0.25, 0.3) is 0 Å². The van der Waals surface area contributed by atoms with Crippen LogP contribution in [0.5, 0.6) is 5.75 Å². The van der Waals surface area contributed by atoms with Gasteiger partial charge in [0.05, 0.1) is 14.2 Å². The molecule has 1 aromatic carbocycles. The summed E-state index contributed by atoms with van der Waals surface area (Å²) in [6.07, 6.45) is 0.976. The summed E-state index contributed by atoms with van der Waals surface area (Å²) in [6, 6.07) is 4.37. The molecule has 3 nitrogen and oxygen atoms in total. The van der Waals surface area contributed by atoms with Crippen LogP contribution in [0.4, 0.5) is 0 Å². The van der Waals surface area contributed by atoms with Crippen molar-refractivity contribution < 1.29 is 9.57 Å². The van der Waals surface area contributed by atoms with Crippen molar-refractivity contribution >= 4 is 0 Å². The van der Waals surface area contributed by atoms with Crippen LogP contribution in [0.1, 0.15) is 43.4 Å². The van der Waals surface area contributed by atoms with Gasteiger partial charge < -0.3 is 9.57 Å². The lowest BCUT2D eigenvalue weighted by Gasteiger charge is -2.17. The lowest BCUT2D eigenvalue weighted by atomic mass is 9.95. The summed E-state index contributed by atoms with van der Waals surface area (Å²) in [4.78, 5) is 4.89. The van der Waals surface area contributed by atoms with Crippen LogP contribution in [0, 0.1) is 0 Å². The minimum atomic E-state index is 0.456. The lowest BCUT2D eigenvalue weighted by molar-refractivity contribution is 0.0867. The van der Waals surface area contributed by atoms with E-state index in [9.17, 15) is 0 Å². The molecule has 3 heteroatoms. The van der Waals surface area contributed by atoms with Crippen molar-refractivity contribution in [1.29, 1.82) is 0 Å². The van der Waals surface area contributed by atoms with Crippen molar-refractivity contribution in [2.45, 2.75) is 39.7 Å². The monoisotopic (exact) mass is 237 g/mol. The Morgan fingerprint density at radius 2 is 1.94 bits per heavy atom. The standard InChI is InChI=1S/C14H23NO2/c1-6-12-7-11(9-15-17-5)8-13(10(2)3)14(12)16-4/h7-8,10,15H,6,9H2,1-5H3. The SMILES string of the molecule is CCc1cc(CNOC)cc(C(C)C)c1OC. The molecule has 0 atom stereocenters. The van der Waals surface area contributed by atoms with Crippen molar-refractivity contribution in [2.75, 3.05) is 14.2 Å². The predicted molar refractivity (Wildman–Crippen MR) is 70.3 cm³/mol. The summed E-state index contributed by atoms with van der Waals surface area (Å²) in [5.74, 6) is 1.49. The third-order valence-corrected chi connectivity index (χ3v) is 2.88. The Morgan fingerprint density at radius 1 is 1.24 bits per heavy atom. The molecule has 0 saturated heterocycles. The molecule has 0 unspecified atom stereocenters. The smallest absolute Gasteiger partial charge is 0.125 e. The molecule has 0 aliphatic heterocycles. The van der Waals surface area contributed by atoms with Crippen molar-refractivity contribution in [3.05, 3.63) is 28.8 Å². The predicted octanol–water partition coefficient (Wildman–Crippen LogP) is 3.03. The molecule has 0 heterocycles. The Morgan fingerprint density at radius 3 is 2.41 bits per heavy atom. The molecule has 0 bridgehead atoms. The van der Waals surface area contributed by atoms with Gasteiger partial charge in [-0.05, 0) is 29.0 Å². The Labute approximate surface area is 104 Å². The molecule has 0 saturated carbocycles. The Bertz CT molecular complexity index is 361. The van der Waals surface area contributed by atoms with E-state index in [2.05, 4.69) is 38.4 Å². The van der Waals surface area contributed by atoms with E-state index in [1.54, 1.807) is 14.2 Å². The highest BCUT2D eigenvalue weighted by molar-refractivity contribution is 5.46. The molecule has 1 aromatic rings. The van der Waals surface area contributed by atoms with E-state index >= 15 is 0 Å². The van der Waals surface area contributed by atoms with Gasteiger partial charge in [0.2, 0.25) is 0 Å². The number of benzene rings is 1. The molecule has 0 spiro atoms. The number of ether oxygens (including phenoxy) is 1. The van der Waals surface area contributed by atoms with Crippen LogP contribution in [-0.4, -0.2) is 14.2 Å². The Balaban J connectivity index is 3.15. The van der Waals surface area contributed by atoms with E-state index in [1.165, 1.54) is 16.7 Å². The minimum absolute atomic E-state index is 0.456. The first-order chi connectivity index (χ1) is 8.13. The maximum Gasteiger partial charge on any atom is 0.125 e. The maximum absolute atomic E-state index is 5.54. The molecule has 96 valence electrons. The van der Waals surface area contributed by atoms with Crippen LogP contribution >= 0.6 is 0 Å². The van der Waals surface area contributed by atoms with Gasteiger partial charge in [-0.25, -0.2) is 0 Å². The fourth-order valence-corrected chi connectivity index (χ4v) is 1.98. The molecule has 0 amide bonds. The van der Waals surface area contributed by atoms with Gasteiger partial charge in [-0.3, -0.25) is 0 Å². The summed E-state index contributed by atoms with van der Waals surface area (Å²) in [5, 5.41) is 0. The number of hydroxylamine groups is 1. The second kappa shape index (κ2) is 6.62. The summed E-state index contributed by atoms with van der Waals surface area (Å²) in [6.45, 7) is 7.23. The zero-order valence-electron chi connectivity index (χ0n) is 11.5. The second-order valence-electron chi connectivity index (χ2n) is 4.41. The van der Waals surface area contributed by atoms with Gasteiger partial charge in [0, 0.05) is 6.54 Å². The third kappa shape index (κ3) is 3.45. The summed E-state index contributed by atoms with van der Waals surface area (Å²) < 4.78 is 5.54. The molecular formula is C14H23NO2. The highest BCUT2D eigenvalue weighted by atomic mass is 16.6. The molecule has 0 radical (unpaired) electrons. The zero-order valence-corrected chi connectivity index (χ0v) is 11.5. The highest BCUT2D eigenvalue weighted by Crippen LogP contribution is 2.31. The van der Waals surface area contributed by atoms with Gasteiger partial charge in [0.15, 0.2) is 0 Å². The first-order valence-corrected chi connectivity index (χ1v) is 6.09. The van der Waals surface area contributed by atoms with E-state index in [0.717, 1.165) is 12.2 Å². The van der Waals surface area contributed by atoms with Crippen molar-refractivity contribution in [3.8, 4) is 5.75 Å². The van der Waals surface area contributed by atoms with Crippen LogP contribution < -0.4 is 10.2 Å². The number of methoxy groups -OCH3 is 1. The number of hydrogen-bond donors (Lipinski definition) is 1. The lowest BCUT2D eigenvalue weighted by Crippen LogP contribution is -2.12. The molecule has 1 rings (SSSR count). The largest absolute Gasteiger partial charge is 0.496 e. The molecule has 0 aliphatic carbocycles. The Kier molecular flexibility index (Phi) is 5.45. The van der Waals surface area contributed by atoms with E-state index < -0.39 is 0 Å². The fraction of sp³-hybridized carbons (Fsp3) is 0.571. The normalized spacial score (nSPS) is 10.9. The maximum atomic E-state index is 5.54. The van der Waals surface area contributed by atoms with Crippen LogP contribution in [-0.2, 0) is 17.8 Å². The molecule has 17 heavy (non-hydrogen) atoms. The molecule has 0 aromatic heterocycles. The molecule has 1 N–H and O–H groups in total. The van der Waals surface area contributed by atoms with Gasteiger partial charge in [0.1, 0.15) is 5.75 Å². The average molecular weight is 237 g/mol.